The first-order valence-corrected chi connectivity index (χ1v) is 13.9. The van der Waals surface area contributed by atoms with Gasteiger partial charge < -0.3 is 28.8 Å². The first-order valence-electron chi connectivity index (χ1n) is 13.5. The van der Waals surface area contributed by atoms with E-state index in [1.54, 1.807) is 25.6 Å². The van der Waals surface area contributed by atoms with Gasteiger partial charge in [0.15, 0.2) is 5.82 Å². The van der Waals surface area contributed by atoms with Crippen LogP contribution in [0.5, 0.6) is 11.5 Å². The van der Waals surface area contributed by atoms with E-state index in [4.69, 9.17) is 25.8 Å². The summed E-state index contributed by atoms with van der Waals surface area (Å²) >= 11 is 6.07. The fraction of sp³-hybridized carbons (Fsp3) is 0.300. The molecule has 1 saturated heterocycles. The Labute approximate surface area is 246 Å². The van der Waals surface area contributed by atoms with E-state index in [1.807, 2.05) is 44.8 Å². The topological polar surface area (TPSA) is 102 Å². The average Bonchev–Trinajstić information content (AvgIpc) is 3.31. The Morgan fingerprint density at radius 1 is 1.19 bits per heavy atom. The zero-order valence-corrected chi connectivity index (χ0v) is 23.6. The highest BCUT2D eigenvalue weighted by Crippen LogP contribution is 2.28. The number of carboxylic acids is 1. The van der Waals surface area contributed by atoms with Crippen LogP contribution in [0.3, 0.4) is 0 Å². The first-order chi connectivity index (χ1) is 20.4. The van der Waals surface area contributed by atoms with E-state index < -0.39 is 11.8 Å². The quantitative estimate of drug-likeness (QED) is 0.269. The summed E-state index contributed by atoms with van der Waals surface area (Å²) in [5, 5.41) is 16.5. The third-order valence-corrected chi connectivity index (χ3v) is 7.62. The molecule has 1 atom stereocenters. The number of methoxy groups -OCH3 is 1. The lowest BCUT2D eigenvalue weighted by atomic mass is 10.1. The number of halogens is 2. The Morgan fingerprint density at radius 2 is 2.05 bits per heavy atom. The van der Waals surface area contributed by atoms with Gasteiger partial charge in [0, 0.05) is 35.5 Å². The van der Waals surface area contributed by atoms with E-state index in [9.17, 15) is 14.3 Å². The summed E-state index contributed by atoms with van der Waals surface area (Å²) < 4.78 is 33.8. The van der Waals surface area contributed by atoms with Gasteiger partial charge in [0.1, 0.15) is 35.8 Å². The Bertz CT molecular complexity index is 1660. The van der Waals surface area contributed by atoms with Crippen LogP contribution >= 0.6 is 11.6 Å². The van der Waals surface area contributed by atoms with Crippen LogP contribution in [0.1, 0.15) is 28.2 Å². The minimum Gasteiger partial charge on any atom is -0.496 e. The normalized spacial score (nSPS) is 16.5. The lowest BCUT2D eigenvalue weighted by Gasteiger charge is -2.31. The standard InChI is InChI=1S/C30H29ClFN5O5/c1-40-27-13-21(31)6-5-19(27)17-42-23-4-2-3-22(14-23)35-8-9-36(33-18-35)16-28-34-29-25(32)11-20(30(38)39)12-26(29)37(28)15-24-7-10-41-24/h2-6,11-14,18,24H,7-10,15-17H2,1H3,(H,38,39). The highest BCUT2D eigenvalue weighted by atomic mass is 35.5. The molecule has 1 fully saturated rings. The van der Waals surface area contributed by atoms with Gasteiger partial charge in [-0.1, -0.05) is 23.7 Å². The van der Waals surface area contributed by atoms with Crippen molar-refractivity contribution in [2.45, 2.75) is 32.2 Å². The van der Waals surface area contributed by atoms with Crippen molar-refractivity contribution in [3.63, 3.8) is 0 Å². The van der Waals surface area contributed by atoms with Gasteiger partial charge in [-0.15, -0.1) is 0 Å². The number of carboxylic acid groups (broad SMARTS) is 1. The van der Waals surface area contributed by atoms with Gasteiger partial charge in [0.2, 0.25) is 0 Å². The van der Waals surface area contributed by atoms with Gasteiger partial charge in [-0.25, -0.2) is 14.2 Å². The van der Waals surface area contributed by atoms with Crippen molar-refractivity contribution in [3.05, 3.63) is 82.4 Å². The molecular formula is C30H29ClFN5O5. The van der Waals surface area contributed by atoms with Crippen molar-refractivity contribution in [2.24, 2.45) is 5.10 Å². The maximum absolute atomic E-state index is 14.8. The van der Waals surface area contributed by atoms with Crippen molar-refractivity contribution in [1.29, 1.82) is 0 Å². The number of nitrogens with zero attached hydrogens (tertiary/aromatic N) is 5. The van der Waals surface area contributed by atoms with E-state index in [1.165, 1.54) is 6.07 Å². The molecule has 42 heavy (non-hydrogen) atoms. The fourth-order valence-electron chi connectivity index (χ4n) is 5.01. The summed E-state index contributed by atoms with van der Waals surface area (Å²) in [7, 11) is 1.60. The van der Waals surface area contributed by atoms with Crippen molar-refractivity contribution in [1.82, 2.24) is 14.6 Å². The summed E-state index contributed by atoms with van der Waals surface area (Å²) in [6.07, 6.45) is 2.61. The molecule has 0 bridgehead atoms. The molecule has 1 N–H and O–H groups in total. The molecule has 3 aromatic carbocycles. The molecule has 0 spiro atoms. The number of hydrogen-bond donors (Lipinski definition) is 1. The van der Waals surface area contributed by atoms with Crippen molar-refractivity contribution >= 4 is 40.6 Å². The average molecular weight is 594 g/mol. The van der Waals surface area contributed by atoms with E-state index in [-0.39, 0.29) is 17.2 Å². The molecule has 0 radical (unpaired) electrons. The lowest BCUT2D eigenvalue weighted by molar-refractivity contribution is -0.0592. The Hall–Kier alpha value is -4.35. The number of hydrogen-bond acceptors (Lipinski definition) is 8. The highest BCUT2D eigenvalue weighted by molar-refractivity contribution is 6.30. The predicted octanol–water partition coefficient (Wildman–Crippen LogP) is 5.17. The molecule has 4 aromatic rings. The summed E-state index contributed by atoms with van der Waals surface area (Å²) in [5.41, 5.74) is 2.28. The molecule has 218 valence electrons. The Balaban J connectivity index is 1.16. The van der Waals surface area contributed by atoms with E-state index >= 15 is 0 Å². The third kappa shape index (κ3) is 5.83. The lowest BCUT2D eigenvalue weighted by Crippen LogP contribution is -2.38. The molecule has 3 heterocycles. The third-order valence-electron chi connectivity index (χ3n) is 7.38. The molecule has 0 saturated carbocycles. The number of benzene rings is 3. The van der Waals surface area contributed by atoms with Gasteiger partial charge in [-0.2, -0.15) is 5.10 Å². The number of ether oxygens (including phenoxy) is 3. The van der Waals surface area contributed by atoms with Crippen molar-refractivity contribution < 1.29 is 28.5 Å². The molecule has 12 heteroatoms. The van der Waals surface area contributed by atoms with Crippen LogP contribution in [0.4, 0.5) is 10.1 Å². The molecule has 0 aliphatic carbocycles. The number of anilines is 1. The van der Waals surface area contributed by atoms with Crippen molar-refractivity contribution in [2.75, 3.05) is 31.7 Å². The summed E-state index contributed by atoms with van der Waals surface area (Å²) in [6.45, 7) is 3.05. The molecule has 1 unspecified atom stereocenters. The van der Waals surface area contributed by atoms with Gasteiger partial charge in [0.25, 0.3) is 0 Å². The molecule has 2 aliphatic rings. The summed E-state index contributed by atoms with van der Waals surface area (Å²) in [5.74, 6) is 0.116. The predicted molar refractivity (Wildman–Crippen MR) is 156 cm³/mol. The molecule has 6 rings (SSSR count). The van der Waals surface area contributed by atoms with Crippen molar-refractivity contribution in [3.8, 4) is 11.5 Å². The van der Waals surface area contributed by atoms with E-state index in [0.29, 0.717) is 67.3 Å². The summed E-state index contributed by atoms with van der Waals surface area (Å²) in [6, 6.07) is 15.7. The first kappa shape index (κ1) is 27.8. The second-order valence-corrected chi connectivity index (χ2v) is 10.5. The van der Waals surface area contributed by atoms with Gasteiger partial charge in [-0.3, -0.25) is 5.01 Å². The molecule has 2 aliphatic heterocycles. The maximum atomic E-state index is 14.8. The number of rotatable bonds is 10. The maximum Gasteiger partial charge on any atom is 0.335 e. The SMILES string of the molecule is COc1cc(Cl)ccc1COc1cccc(N2C=NN(Cc3nc4c(F)cc(C(=O)O)cc4n3CC3CCO3)CC2)c1. The van der Waals surface area contributed by atoms with Gasteiger partial charge in [0.05, 0.1) is 43.9 Å². The van der Waals surface area contributed by atoms with Crippen LogP contribution in [0.25, 0.3) is 11.0 Å². The number of fused-ring (bicyclic) bond motifs is 1. The summed E-state index contributed by atoms with van der Waals surface area (Å²) in [4.78, 5) is 18.1. The number of hydrazone groups is 1. The zero-order chi connectivity index (χ0) is 29.2. The number of imidazole rings is 1. The van der Waals surface area contributed by atoms with Crippen LogP contribution in [0, 0.1) is 5.82 Å². The largest absolute Gasteiger partial charge is 0.496 e. The number of carbonyl (C=O) groups is 1. The monoisotopic (exact) mass is 593 g/mol. The fourth-order valence-corrected chi connectivity index (χ4v) is 5.18. The van der Waals surface area contributed by atoms with E-state index in [0.717, 1.165) is 23.7 Å². The van der Waals surface area contributed by atoms with Crippen LogP contribution in [-0.4, -0.2) is 64.9 Å². The van der Waals surface area contributed by atoms with Crippen LogP contribution in [0.15, 0.2) is 59.7 Å². The Kier molecular flexibility index (Phi) is 7.86. The van der Waals surface area contributed by atoms with Crippen LogP contribution in [0.2, 0.25) is 5.02 Å². The van der Waals surface area contributed by atoms with Gasteiger partial charge >= 0.3 is 5.97 Å². The number of aromatic nitrogens is 2. The van der Waals surface area contributed by atoms with Crippen LogP contribution < -0.4 is 14.4 Å². The molecule has 10 nitrogen and oxygen atoms in total. The molecule has 1 aromatic heterocycles. The number of aromatic carboxylic acids is 1. The zero-order valence-electron chi connectivity index (χ0n) is 22.9. The Morgan fingerprint density at radius 3 is 2.76 bits per heavy atom. The molecular weight excluding hydrogens is 565 g/mol. The second kappa shape index (κ2) is 11.9. The smallest absolute Gasteiger partial charge is 0.335 e. The van der Waals surface area contributed by atoms with Gasteiger partial charge in [-0.05, 0) is 42.8 Å². The highest BCUT2D eigenvalue weighted by Gasteiger charge is 2.25. The second-order valence-electron chi connectivity index (χ2n) is 10.1. The molecule has 0 amide bonds. The minimum absolute atomic E-state index is 0.0201. The van der Waals surface area contributed by atoms with E-state index in [2.05, 4.69) is 10.1 Å². The minimum atomic E-state index is -1.19. The van der Waals surface area contributed by atoms with Crippen LogP contribution in [-0.2, 0) is 24.4 Å².